The van der Waals surface area contributed by atoms with Crippen LogP contribution >= 0.6 is 0 Å². The molecule has 0 aromatic heterocycles. The van der Waals surface area contributed by atoms with Gasteiger partial charge in [-0.3, -0.25) is 0 Å². The fourth-order valence-corrected chi connectivity index (χ4v) is 5.82. The molecule has 1 saturated heterocycles. The van der Waals surface area contributed by atoms with Crippen LogP contribution in [0.1, 0.15) is 63.5 Å². The zero-order valence-electron chi connectivity index (χ0n) is 24.8. The summed E-state index contributed by atoms with van der Waals surface area (Å²) >= 11 is 0. The minimum absolute atomic E-state index is 0.0200. The Morgan fingerprint density at radius 1 is 1.15 bits per heavy atom. The van der Waals surface area contributed by atoms with E-state index in [0.717, 1.165) is 24.8 Å². The molecule has 1 fully saturated rings. The molecule has 3 rings (SSSR count). The lowest BCUT2D eigenvalue weighted by Crippen LogP contribution is -2.68. The number of rotatable bonds is 15. The smallest absolute Gasteiger partial charge is 0.317 e. The number of benzene rings is 2. The number of piperidine rings is 1. The first-order valence-corrected chi connectivity index (χ1v) is 14.7. The number of urea groups is 1. The summed E-state index contributed by atoms with van der Waals surface area (Å²) in [5.74, 6) is 1.07. The topological polar surface area (TPSA) is 109 Å². The molecule has 2 amide bonds. The monoisotopic (exact) mass is 554 g/mol. The summed E-state index contributed by atoms with van der Waals surface area (Å²) < 4.78 is 11.6. The number of carbonyl (C=O) groups excluding carboxylic acids is 1. The van der Waals surface area contributed by atoms with Gasteiger partial charge in [-0.25, -0.2) is 4.79 Å². The van der Waals surface area contributed by atoms with Gasteiger partial charge in [0.15, 0.2) is 0 Å². The van der Waals surface area contributed by atoms with E-state index in [0.29, 0.717) is 62.8 Å². The minimum atomic E-state index is -1.41. The Labute approximate surface area is 240 Å². The van der Waals surface area contributed by atoms with E-state index in [1.165, 1.54) is 0 Å². The van der Waals surface area contributed by atoms with Gasteiger partial charge in [0.05, 0.1) is 5.54 Å². The minimum Gasteiger partial charge on any atom is -0.489 e. The quantitative estimate of drug-likeness (QED) is 0.243. The maximum Gasteiger partial charge on any atom is 0.317 e. The van der Waals surface area contributed by atoms with Gasteiger partial charge in [-0.15, -0.1) is 0 Å². The molecule has 2 aromatic carbocycles. The Morgan fingerprint density at radius 3 is 2.58 bits per heavy atom. The fraction of sp³-hybridized carbons (Fsp3) is 0.594. The molecule has 0 spiro atoms. The van der Waals surface area contributed by atoms with Crippen LogP contribution in [0.3, 0.4) is 0 Å². The number of aliphatic hydroxyl groups is 1. The van der Waals surface area contributed by atoms with E-state index >= 15 is 0 Å². The molecule has 8 heteroatoms. The summed E-state index contributed by atoms with van der Waals surface area (Å²) in [7, 11) is 3.58. The van der Waals surface area contributed by atoms with Gasteiger partial charge in [-0.05, 0) is 63.1 Å². The van der Waals surface area contributed by atoms with E-state index in [1.54, 1.807) is 12.0 Å². The van der Waals surface area contributed by atoms with Crippen molar-refractivity contribution in [2.75, 3.05) is 40.4 Å². The molecule has 1 aliphatic rings. The molecule has 3 atom stereocenters. The normalized spacial score (nSPS) is 19.7. The van der Waals surface area contributed by atoms with Gasteiger partial charge in [0, 0.05) is 45.0 Å². The van der Waals surface area contributed by atoms with Crippen molar-refractivity contribution in [3.05, 3.63) is 65.7 Å². The van der Waals surface area contributed by atoms with Crippen LogP contribution in [0.15, 0.2) is 54.6 Å². The number of unbranched alkanes of at least 4 members (excludes halogenated alkanes) is 1. The van der Waals surface area contributed by atoms with Gasteiger partial charge in [-0.1, -0.05) is 62.4 Å². The highest BCUT2D eigenvalue weighted by Gasteiger charge is 2.52. The van der Waals surface area contributed by atoms with Gasteiger partial charge < -0.3 is 35.8 Å². The van der Waals surface area contributed by atoms with E-state index < -0.39 is 11.1 Å². The summed E-state index contributed by atoms with van der Waals surface area (Å²) in [6.45, 7) is 6.85. The molecular formula is C32H50N4O4. The SMILES string of the molecule is CNC[C@H](CC(C)C)NC(=O)N1CCC[C@@](N)([C@@](O)(CCCCOC)c2ccccc2OCc2ccccc2)C1. The molecule has 1 aliphatic heterocycles. The number of carbonyl (C=O) groups is 1. The number of nitrogens with one attached hydrogen (secondary N) is 2. The number of nitrogens with two attached hydrogens (primary N) is 1. The second kappa shape index (κ2) is 15.4. The fourth-order valence-electron chi connectivity index (χ4n) is 5.82. The van der Waals surface area contributed by atoms with E-state index in [2.05, 4.69) is 24.5 Å². The number of nitrogens with zero attached hydrogens (tertiary/aromatic N) is 1. The third-order valence-corrected chi connectivity index (χ3v) is 7.88. The van der Waals surface area contributed by atoms with Gasteiger partial charge in [0.25, 0.3) is 0 Å². The predicted octanol–water partition coefficient (Wildman–Crippen LogP) is 4.41. The van der Waals surface area contributed by atoms with E-state index in [4.69, 9.17) is 15.2 Å². The second-order valence-corrected chi connectivity index (χ2v) is 11.6. The zero-order chi connectivity index (χ0) is 29.0. The van der Waals surface area contributed by atoms with Gasteiger partial charge in [0.1, 0.15) is 18.0 Å². The number of hydrogen-bond donors (Lipinski definition) is 4. The maximum atomic E-state index is 13.5. The van der Waals surface area contributed by atoms with Crippen LogP contribution in [0.2, 0.25) is 0 Å². The van der Waals surface area contributed by atoms with Crippen molar-refractivity contribution in [3.63, 3.8) is 0 Å². The molecule has 0 radical (unpaired) electrons. The van der Waals surface area contributed by atoms with Crippen molar-refractivity contribution in [2.45, 2.75) is 76.2 Å². The number of para-hydroxylation sites is 1. The van der Waals surface area contributed by atoms with Crippen LogP contribution in [-0.2, 0) is 16.9 Å². The van der Waals surface area contributed by atoms with E-state index in [9.17, 15) is 9.90 Å². The van der Waals surface area contributed by atoms with Crippen molar-refractivity contribution in [3.8, 4) is 5.75 Å². The number of amides is 2. The van der Waals surface area contributed by atoms with E-state index in [-0.39, 0.29) is 18.6 Å². The highest BCUT2D eigenvalue weighted by atomic mass is 16.5. The number of likely N-dealkylation sites (tertiary alicyclic amines) is 1. The standard InChI is InChI=1S/C32H50N4O4/c1-25(2)21-27(22-34-3)35-30(37)36-19-12-17-31(33,24-36)32(38,18-10-11-20-39-4)28-15-8-9-16-29(28)40-23-26-13-6-5-7-14-26/h5-9,13-16,25,27,34,38H,10-12,17-24,33H2,1-4H3,(H,35,37)/t27-,31-,32+/m0/s1. The first-order valence-electron chi connectivity index (χ1n) is 14.7. The van der Waals surface area contributed by atoms with Crippen molar-refractivity contribution in [1.82, 2.24) is 15.5 Å². The van der Waals surface area contributed by atoms with Gasteiger partial charge >= 0.3 is 6.03 Å². The molecule has 8 nitrogen and oxygen atoms in total. The molecule has 0 bridgehead atoms. The van der Waals surface area contributed by atoms with Crippen LogP contribution in [0, 0.1) is 5.92 Å². The molecule has 0 saturated carbocycles. The van der Waals surface area contributed by atoms with Crippen LogP contribution in [0.4, 0.5) is 4.79 Å². The Morgan fingerprint density at radius 2 is 1.88 bits per heavy atom. The molecule has 5 N–H and O–H groups in total. The van der Waals surface area contributed by atoms with Gasteiger partial charge in [0.2, 0.25) is 0 Å². The van der Waals surface area contributed by atoms with Crippen molar-refractivity contribution >= 4 is 6.03 Å². The average Bonchev–Trinajstić information content (AvgIpc) is 2.94. The number of hydrogen-bond acceptors (Lipinski definition) is 6. The van der Waals surface area contributed by atoms with Crippen LogP contribution < -0.4 is 21.1 Å². The molecule has 2 aromatic rings. The first-order chi connectivity index (χ1) is 19.2. The highest BCUT2D eigenvalue weighted by Crippen LogP contribution is 2.45. The van der Waals surface area contributed by atoms with Crippen LogP contribution in [0.5, 0.6) is 5.75 Å². The Bertz CT molecular complexity index is 1040. The summed E-state index contributed by atoms with van der Waals surface area (Å²) in [6, 6.07) is 17.5. The average molecular weight is 555 g/mol. The lowest BCUT2D eigenvalue weighted by atomic mass is 9.68. The molecule has 222 valence electrons. The Kier molecular flexibility index (Phi) is 12.3. The first kappa shape index (κ1) is 31.9. The summed E-state index contributed by atoms with van der Waals surface area (Å²) in [5.41, 5.74) is 6.43. The van der Waals surface area contributed by atoms with Crippen LogP contribution in [0.25, 0.3) is 0 Å². The molecule has 0 unspecified atom stereocenters. The second-order valence-electron chi connectivity index (χ2n) is 11.6. The van der Waals surface area contributed by atoms with Crippen molar-refractivity contribution in [2.24, 2.45) is 11.7 Å². The van der Waals surface area contributed by atoms with Crippen LogP contribution in [-0.4, -0.2) is 68.0 Å². The molecule has 0 aliphatic carbocycles. The summed E-state index contributed by atoms with van der Waals surface area (Å²) in [5, 5.41) is 19.0. The summed E-state index contributed by atoms with van der Waals surface area (Å²) in [6.07, 6.45) is 4.14. The van der Waals surface area contributed by atoms with Crippen molar-refractivity contribution in [1.29, 1.82) is 0 Å². The lowest BCUT2D eigenvalue weighted by molar-refractivity contribution is -0.0759. The van der Waals surface area contributed by atoms with Crippen molar-refractivity contribution < 1.29 is 19.4 Å². The molecular weight excluding hydrogens is 504 g/mol. The largest absolute Gasteiger partial charge is 0.489 e. The number of ether oxygens (including phenoxy) is 2. The Hall–Kier alpha value is -2.65. The summed E-state index contributed by atoms with van der Waals surface area (Å²) in [4.78, 5) is 15.2. The lowest BCUT2D eigenvalue weighted by Gasteiger charge is -2.50. The highest BCUT2D eigenvalue weighted by molar-refractivity contribution is 5.75. The van der Waals surface area contributed by atoms with Gasteiger partial charge in [-0.2, -0.15) is 0 Å². The number of methoxy groups -OCH3 is 1. The predicted molar refractivity (Wildman–Crippen MR) is 160 cm³/mol. The molecule has 40 heavy (non-hydrogen) atoms. The van der Waals surface area contributed by atoms with E-state index in [1.807, 2.05) is 61.6 Å². The number of likely N-dealkylation sites (N-methyl/N-ethyl adjacent to an activating group) is 1. The maximum absolute atomic E-state index is 13.5. The molecule has 1 heterocycles. The third kappa shape index (κ3) is 8.43. The Balaban J connectivity index is 1.88. The third-order valence-electron chi connectivity index (χ3n) is 7.88. The zero-order valence-corrected chi connectivity index (χ0v) is 24.8.